The van der Waals surface area contributed by atoms with Crippen LogP contribution in [-0.2, 0) is 7.05 Å². The molecular weight excluding hydrogens is 286 g/mol. The van der Waals surface area contributed by atoms with E-state index in [1.807, 2.05) is 13.8 Å². The summed E-state index contributed by atoms with van der Waals surface area (Å²) < 4.78 is 1.50. The summed E-state index contributed by atoms with van der Waals surface area (Å²) >= 11 is 0. The predicted molar refractivity (Wildman–Crippen MR) is 80.9 cm³/mol. The first kappa shape index (κ1) is 15.6. The number of rotatable bonds is 4. The summed E-state index contributed by atoms with van der Waals surface area (Å²) in [5.74, 6) is 0.121. The normalized spacial score (nSPS) is 10.8. The molecule has 0 aliphatic carbocycles. The van der Waals surface area contributed by atoms with Crippen LogP contribution in [0.4, 0.5) is 11.5 Å². The number of nitro groups is 1. The highest BCUT2D eigenvalue weighted by Gasteiger charge is 2.17. The van der Waals surface area contributed by atoms with Crippen LogP contribution in [0.15, 0.2) is 18.2 Å². The van der Waals surface area contributed by atoms with Gasteiger partial charge in [0, 0.05) is 13.1 Å². The van der Waals surface area contributed by atoms with Gasteiger partial charge in [-0.1, -0.05) is 13.8 Å². The number of aryl methyl sites for hydroxylation is 2. The van der Waals surface area contributed by atoms with Crippen LogP contribution < -0.4 is 5.32 Å². The fourth-order valence-corrected chi connectivity index (χ4v) is 1.98. The lowest BCUT2D eigenvalue weighted by Crippen LogP contribution is -2.17. The van der Waals surface area contributed by atoms with E-state index in [1.54, 1.807) is 13.1 Å². The Bertz CT molecular complexity index is 736. The lowest BCUT2D eigenvalue weighted by atomic mass is 10.1. The van der Waals surface area contributed by atoms with E-state index in [0.717, 1.165) is 5.69 Å². The smallest absolute Gasteiger partial charge is 0.290 e. The van der Waals surface area contributed by atoms with Crippen LogP contribution in [0.1, 0.15) is 41.6 Å². The second-order valence-corrected chi connectivity index (χ2v) is 5.25. The number of anilines is 1. The minimum Gasteiger partial charge on any atom is -0.305 e. The first-order valence-corrected chi connectivity index (χ1v) is 6.77. The van der Waals surface area contributed by atoms with Crippen molar-refractivity contribution in [1.29, 1.82) is 0 Å². The van der Waals surface area contributed by atoms with Crippen LogP contribution in [0.3, 0.4) is 0 Å². The van der Waals surface area contributed by atoms with E-state index in [-0.39, 0.29) is 29.0 Å². The molecular formula is C14H17N5O3. The van der Waals surface area contributed by atoms with E-state index in [0.29, 0.717) is 5.69 Å². The summed E-state index contributed by atoms with van der Waals surface area (Å²) in [4.78, 5) is 26.5. The zero-order valence-electron chi connectivity index (χ0n) is 12.8. The Morgan fingerprint density at radius 2 is 2.09 bits per heavy atom. The number of carbonyl (C=O) groups is 1. The third kappa shape index (κ3) is 3.11. The van der Waals surface area contributed by atoms with Crippen LogP contribution in [0, 0.1) is 17.0 Å². The minimum atomic E-state index is -0.510. The number of hydrogen-bond acceptors (Lipinski definition) is 5. The van der Waals surface area contributed by atoms with Gasteiger partial charge >= 0.3 is 0 Å². The number of carbonyl (C=O) groups excluding carboxylic acids is 1. The molecule has 0 aliphatic heterocycles. The van der Waals surface area contributed by atoms with Crippen molar-refractivity contribution in [3.05, 3.63) is 45.4 Å². The van der Waals surface area contributed by atoms with Crippen LogP contribution in [0.2, 0.25) is 0 Å². The summed E-state index contributed by atoms with van der Waals surface area (Å²) in [6.07, 6.45) is 0. The topological polar surface area (TPSA) is 103 Å². The summed E-state index contributed by atoms with van der Waals surface area (Å²) in [5, 5.41) is 17.7. The minimum absolute atomic E-state index is 0.0828. The zero-order valence-corrected chi connectivity index (χ0v) is 12.8. The maximum Gasteiger partial charge on any atom is 0.290 e. The molecule has 0 bridgehead atoms. The van der Waals surface area contributed by atoms with E-state index in [1.165, 1.54) is 23.7 Å². The first-order chi connectivity index (χ1) is 10.3. The lowest BCUT2D eigenvalue weighted by molar-refractivity contribution is -0.385. The first-order valence-electron chi connectivity index (χ1n) is 6.77. The third-order valence-electron chi connectivity index (χ3n) is 3.22. The highest BCUT2D eigenvalue weighted by molar-refractivity contribution is 6.02. The molecule has 8 nitrogen and oxygen atoms in total. The average Bonchev–Trinajstić information content (AvgIpc) is 2.80. The molecule has 0 atom stereocenters. The molecule has 0 fully saturated rings. The molecule has 2 aromatic rings. The van der Waals surface area contributed by atoms with E-state index in [9.17, 15) is 14.9 Å². The Morgan fingerprint density at radius 1 is 1.41 bits per heavy atom. The van der Waals surface area contributed by atoms with Crippen LogP contribution in [-0.4, -0.2) is 25.6 Å². The third-order valence-corrected chi connectivity index (χ3v) is 3.22. The van der Waals surface area contributed by atoms with Gasteiger partial charge in [0.15, 0.2) is 0 Å². The fourth-order valence-electron chi connectivity index (χ4n) is 1.98. The summed E-state index contributed by atoms with van der Waals surface area (Å²) in [7, 11) is 1.69. The zero-order chi connectivity index (χ0) is 16.4. The van der Waals surface area contributed by atoms with Crippen LogP contribution in [0.5, 0.6) is 0 Å². The van der Waals surface area contributed by atoms with Gasteiger partial charge in [-0.25, -0.2) is 4.98 Å². The van der Waals surface area contributed by atoms with E-state index >= 15 is 0 Å². The summed E-state index contributed by atoms with van der Waals surface area (Å²) in [5.41, 5.74) is 1.39. The Labute approximate surface area is 127 Å². The predicted octanol–water partition coefficient (Wildman–Crippen LogP) is 2.41. The maximum atomic E-state index is 12.3. The Kier molecular flexibility index (Phi) is 4.20. The average molecular weight is 303 g/mol. The van der Waals surface area contributed by atoms with Crippen molar-refractivity contribution in [3.63, 3.8) is 0 Å². The number of nitrogens with zero attached hydrogens (tertiary/aromatic N) is 4. The second-order valence-electron chi connectivity index (χ2n) is 5.25. The van der Waals surface area contributed by atoms with Crippen molar-refractivity contribution in [1.82, 2.24) is 14.8 Å². The quantitative estimate of drug-likeness (QED) is 0.690. The Balaban J connectivity index is 2.22. The highest BCUT2D eigenvalue weighted by atomic mass is 16.6. The Morgan fingerprint density at radius 3 is 2.59 bits per heavy atom. The van der Waals surface area contributed by atoms with Gasteiger partial charge in [0.1, 0.15) is 17.2 Å². The van der Waals surface area contributed by atoms with Crippen molar-refractivity contribution in [3.8, 4) is 0 Å². The summed E-state index contributed by atoms with van der Waals surface area (Å²) in [6, 6.07) is 4.45. The van der Waals surface area contributed by atoms with Gasteiger partial charge in [0.2, 0.25) is 0 Å². The largest absolute Gasteiger partial charge is 0.305 e. The van der Waals surface area contributed by atoms with E-state index in [2.05, 4.69) is 15.4 Å². The van der Waals surface area contributed by atoms with Crippen molar-refractivity contribution in [2.45, 2.75) is 26.7 Å². The number of amides is 1. The van der Waals surface area contributed by atoms with Gasteiger partial charge < -0.3 is 5.32 Å². The van der Waals surface area contributed by atoms with Crippen LogP contribution >= 0.6 is 0 Å². The van der Waals surface area contributed by atoms with Crippen LogP contribution in [0.25, 0.3) is 0 Å². The lowest BCUT2D eigenvalue weighted by Gasteiger charge is -2.05. The Hall–Kier alpha value is -2.77. The molecule has 0 radical (unpaired) electrons. The van der Waals surface area contributed by atoms with Gasteiger partial charge in [0.25, 0.3) is 11.6 Å². The van der Waals surface area contributed by atoms with Crippen molar-refractivity contribution in [2.24, 2.45) is 7.05 Å². The van der Waals surface area contributed by atoms with Gasteiger partial charge in [-0.15, -0.1) is 0 Å². The number of nitrogens with one attached hydrogen (secondary N) is 1. The van der Waals surface area contributed by atoms with Gasteiger partial charge in [-0.05, 0) is 25.0 Å². The molecule has 2 aromatic heterocycles. The van der Waals surface area contributed by atoms with Gasteiger partial charge in [-0.2, -0.15) is 5.10 Å². The molecule has 8 heteroatoms. The molecule has 2 rings (SSSR count). The molecule has 0 saturated heterocycles. The molecule has 0 unspecified atom stereocenters. The molecule has 116 valence electrons. The van der Waals surface area contributed by atoms with Gasteiger partial charge in [0.05, 0.1) is 10.6 Å². The van der Waals surface area contributed by atoms with Crippen molar-refractivity contribution >= 4 is 17.4 Å². The molecule has 1 amide bonds. The van der Waals surface area contributed by atoms with E-state index in [4.69, 9.17) is 0 Å². The summed E-state index contributed by atoms with van der Waals surface area (Å²) in [6.45, 7) is 5.51. The van der Waals surface area contributed by atoms with Crippen molar-refractivity contribution in [2.75, 3.05) is 5.32 Å². The molecule has 0 spiro atoms. The molecule has 0 aliphatic rings. The maximum absolute atomic E-state index is 12.3. The number of pyridine rings is 1. The highest BCUT2D eigenvalue weighted by Crippen LogP contribution is 2.19. The molecule has 2 heterocycles. The number of hydrogen-bond donors (Lipinski definition) is 1. The van der Waals surface area contributed by atoms with Crippen molar-refractivity contribution < 1.29 is 9.72 Å². The monoisotopic (exact) mass is 303 g/mol. The molecule has 0 saturated carbocycles. The van der Waals surface area contributed by atoms with E-state index < -0.39 is 4.92 Å². The second kappa shape index (κ2) is 5.92. The molecule has 0 aromatic carbocycles. The fraction of sp³-hybridized carbons (Fsp3) is 0.357. The van der Waals surface area contributed by atoms with Gasteiger partial charge in [-0.3, -0.25) is 19.6 Å². The SMILES string of the molecule is Cc1nc(NC(=O)c2cc(C(C)C)nn2C)ccc1[N+](=O)[O-]. The molecule has 22 heavy (non-hydrogen) atoms. The molecule has 1 N–H and O–H groups in total. The number of aromatic nitrogens is 3. The standard InChI is InChI=1S/C14H17N5O3/c1-8(2)10-7-12(18(4)17-10)14(20)16-13-6-5-11(19(21)22)9(3)15-13/h5-8H,1-4H3,(H,15,16,20).